The fourth-order valence-electron chi connectivity index (χ4n) is 0.969. The quantitative estimate of drug-likeness (QED) is 0.678. The Hall–Kier alpha value is -0.790. The summed E-state index contributed by atoms with van der Waals surface area (Å²) in [4.78, 5) is 4.22. The Balaban J connectivity index is 0.000000561. The van der Waals surface area contributed by atoms with Gasteiger partial charge in [-0.15, -0.1) is 0 Å². The molecule has 1 rings (SSSR count). The van der Waals surface area contributed by atoms with E-state index in [2.05, 4.69) is 29.6 Å². The summed E-state index contributed by atoms with van der Waals surface area (Å²) in [7, 11) is 0. The molecule has 12 heavy (non-hydrogen) atoms. The van der Waals surface area contributed by atoms with E-state index in [1.807, 2.05) is 20.2 Å². The number of nitrogens with zero attached hydrogens (tertiary/aromatic N) is 2. The first-order chi connectivity index (χ1) is 5.86. The van der Waals surface area contributed by atoms with Crippen LogP contribution in [0.1, 0.15) is 39.8 Å². The van der Waals surface area contributed by atoms with Crippen LogP contribution in [0.2, 0.25) is 0 Å². The predicted octanol–water partition coefficient (Wildman–Crippen LogP) is 2.88. The minimum Gasteiger partial charge on any atom is -0.337 e. The van der Waals surface area contributed by atoms with Gasteiger partial charge in [-0.1, -0.05) is 27.7 Å². The van der Waals surface area contributed by atoms with Crippen LogP contribution in [0.15, 0.2) is 12.5 Å². The van der Waals surface area contributed by atoms with Crippen molar-refractivity contribution < 1.29 is 0 Å². The molecule has 0 aliphatic heterocycles. The lowest BCUT2D eigenvalue weighted by Crippen LogP contribution is -1.90. The second-order valence-corrected chi connectivity index (χ2v) is 2.46. The van der Waals surface area contributed by atoms with E-state index >= 15 is 0 Å². The standard InChI is InChI=1S/C8H14N2.C2H6/c1-3-5-10-6-8(4-2)9-7-10;1-2/h6-7H,3-5H2,1-2H3;1-2H3. The Kier molecular flexibility index (Phi) is 6.44. The maximum Gasteiger partial charge on any atom is 0.0949 e. The molecule has 0 unspecified atom stereocenters. The molecule has 1 heterocycles. The van der Waals surface area contributed by atoms with Crippen molar-refractivity contribution in [3.63, 3.8) is 0 Å². The topological polar surface area (TPSA) is 17.8 Å². The van der Waals surface area contributed by atoms with Gasteiger partial charge in [-0.05, 0) is 12.8 Å². The van der Waals surface area contributed by atoms with E-state index < -0.39 is 0 Å². The molecule has 2 nitrogen and oxygen atoms in total. The predicted molar refractivity (Wildman–Crippen MR) is 53.2 cm³/mol. The third-order valence-electron chi connectivity index (χ3n) is 1.53. The number of hydrogen-bond acceptors (Lipinski definition) is 1. The van der Waals surface area contributed by atoms with Gasteiger partial charge in [0.05, 0.1) is 12.0 Å². The molecule has 0 amide bonds. The smallest absolute Gasteiger partial charge is 0.0949 e. The van der Waals surface area contributed by atoms with E-state index in [4.69, 9.17) is 0 Å². The molecule has 0 N–H and O–H groups in total. The van der Waals surface area contributed by atoms with Crippen LogP contribution in [-0.4, -0.2) is 9.55 Å². The Morgan fingerprint density at radius 2 is 2.00 bits per heavy atom. The molecule has 0 aliphatic rings. The maximum absolute atomic E-state index is 4.22. The van der Waals surface area contributed by atoms with Crippen molar-refractivity contribution >= 4 is 0 Å². The van der Waals surface area contributed by atoms with E-state index in [1.165, 1.54) is 12.1 Å². The zero-order valence-corrected chi connectivity index (χ0v) is 8.67. The summed E-state index contributed by atoms with van der Waals surface area (Å²) in [5.41, 5.74) is 1.19. The van der Waals surface area contributed by atoms with E-state index in [0.29, 0.717) is 0 Å². The first-order valence-electron chi connectivity index (χ1n) is 4.87. The lowest BCUT2D eigenvalue weighted by atomic mass is 10.4. The molecular formula is C10H20N2. The summed E-state index contributed by atoms with van der Waals surface area (Å²) in [5.74, 6) is 0. The summed E-state index contributed by atoms with van der Waals surface area (Å²) in [5, 5.41) is 0. The molecule has 0 fully saturated rings. The monoisotopic (exact) mass is 168 g/mol. The number of aromatic nitrogens is 2. The average molecular weight is 168 g/mol. The first kappa shape index (κ1) is 11.2. The molecule has 1 aromatic heterocycles. The molecule has 2 heteroatoms. The van der Waals surface area contributed by atoms with E-state index in [-0.39, 0.29) is 0 Å². The normalized spacial score (nSPS) is 9.00. The first-order valence-corrected chi connectivity index (χ1v) is 4.87. The van der Waals surface area contributed by atoms with Crippen molar-refractivity contribution in [1.82, 2.24) is 9.55 Å². The fourth-order valence-corrected chi connectivity index (χ4v) is 0.969. The molecule has 0 spiro atoms. The van der Waals surface area contributed by atoms with Crippen molar-refractivity contribution in [2.75, 3.05) is 0 Å². The number of hydrogen-bond donors (Lipinski definition) is 0. The maximum atomic E-state index is 4.22. The largest absolute Gasteiger partial charge is 0.337 e. The minimum absolute atomic E-state index is 1.04. The number of aryl methyl sites for hydroxylation is 2. The highest BCUT2D eigenvalue weighted by molar-refractivity contribution is 4.95. The molecule has 0 aromatic carbocycles. The second kappa shape index (κ2) is 6.89. The van der Waals surface area contributed by atoms with Gasteiger partial charge in [-0.2, -0.15) is 0 Å². The summed E-state index contributed by atoms with van der Waals surface area (Å²) in [6.45, 7) is 9.39. The molecular weight excluding hydrogens is 148 g/mol. The molecule has 0 bridgehead atoms. The van der Waals surface area contributed by atoms with Crippen LogP contribution in [-0.2, 0) is 13.0 Å². The highest BCUT2D eigenvalue weighted by atomic mass is 15.0. The zero-order chi connectivity index (χ0) is 9.40. The number of imidazole rings is 1. The number of rotatable bonds is 3. The highest BCUT2D eigenvalue weighted by Gasteiger charge is 1.92. The van der Waals surface area contributed by atoms with E-state index in [9.17, 15) is 0 Å². The van der Waals surface area contributed by atoms with E-state index in [0.717, 1.165) is 13.0 Å². The van der Waals surface area contributed by atoms with Gasteiger partial charge in [0.25, 0.3) is 0 Å². The van der Waals surface area contributed by atoms with Crippen LogP contribution in [0.25, 0.3) is 0 Å². The molecule has 0 atom stereocenters. The van der Waals surface area contributed by atoms with Crippen LogP contribution in [0.5, 0.6) is 0 Å². The van der Waals surface area contributed by atoms with Crippen molar-refractivity contribution in [1.29, 1.82) is 0 Å². The Morgan fingerprint density at radius 1 is 1.33 bits per heavy atom. The van der Waals surface area contributed by atoms with Crippen LogP contribution < -0.4 is 0 Å². The molecule has 0 radical (unpaired) electrons. The molecule has 0 saturated carbocycles. The zero-order valence-electron chi connectivity index (χ0n) is 8.67. The fraction of sp³-hybridized carbons (Fsp3) is 0.700. The lowest BCUT2D eigenvalue weighted by molar-refractivity contribution is 0.678. The van der Waals surface area contributed by atoms with Gasteiger partial charge in [-0.25, -0.2) is 4.98 Å². The third-order valence-corrected chi connectivity index (χ3v) is 1.53. The minimum atomic E-state index is 1.04. The Labute approximate surface area is 75.6 Å². The van der Waals surface area contributed by atoms with Crippen molar-refractivity contribution in [3.8, 4) is 0 Å². The van der Waals surface area contributed by atoms with Crippen molar-refractivity contribution in [3.05, 3.63) is 18.2 Å². The van der Waals surface area contributed by atoms with Crippen LogP contribution in [0.3, 0.4) is 0 Å². The molecule has 0 saturated heterocycles. The van der Waals surface area contributed by atoms with Gasteiger partial charge in [0.2, 0.25) is 0 Å². The SMILES string of the molecule is CC.CCCn1cnc(CC)c1. The van der Waals surface area contributed by atoms with Gasteiger partial charge in [0.15, 0.2) is 0 Å². The van der Waals surface area contributed by atoms with E-state index in [1.54, 1.807) is 0 Å². The molecule has 1 aromatic rings. The van der Waals surface area contributed by atoms with Crippen LogP contribution in [0, 0.1) is 0 Å². The lowest BCUT2D eigenvalue weighted by Gasteiger charge is -1.94. The average Bonchev–Trinajstić information content (AvgIpc) is 2.57. The van der Waals surface area contributed by atoms with Gasteiger partial charge < -0.3 is 4.57 Å². The Bertz CT molecular complexity index is 191. The second-order valence-electron chi connectivity index (χ2n) is 2.46. The summed E-state index contributed by atoms with van der Waals surface area (Å²) in [6.07, 6.45) is 6.24. The Morgan fingerprint density at radius 3 is 2.42 bits per heavy atom. The van der Waals surface area contributed by atoms with Crippen LogP contribution >= 0.6 is 0 Å². The van der Waals surface area contributed by atoms with Crippen molar-refractivity contribution in [2.45, 2.75) is 47.1 Å². The van der Waals surface area contributed by atoms with Gasteiger partial charge in [-0.3, -0.25) is 0 Å². The summed E-state index contributed by atoms with van der Waals surface area (Å²) >= 11 is 0. The summed E-state index contributed by atoms with van der Waals surface area (Å²) in [6, 6.07) is 0. The summed E-state index contributed by atoms with van der Waals surface area (Å²) < 4.78 is 2.14. The highest BCUT2D eigenvalue weighted by Crippen LogP contribution is 1.97. The van der Waals surface area contributed by atoms with Gasteiger partial charge in [0.1, 0.15) is 0 Å². The van der Waals surface area contributed by atoms with Crippen LogP contribution in [0.4, 0.5) is 0 Å². The third kappa shape index (κ3) is 3.56. The van der Waals surface area contributed by atoms with Crippen molar-refractivity contribution in [2.24, 2.45) is 0 Å². The molecule has 0 aliphatic carbocycles. The van der Waals surface area contributed by atoms with Gasteiger partial charge >= 0.3 is 0 Å². The van der Waals surface area contributed by atoms with Gasteiger partial charge in [0, 0.05) is 12.7 Å². The molecule has 70 valence electrons.